The maximum atomic E-state index is 15.0. The molecular weight excluding hydrogens is 422 g/mol. The number of rotatable bonds is 8. The molecule has 0 heterocycles. The van der Waals surface area contributed by atoms with Crippen molar-refractivity contribution in [3.63, 3.8) is 0 Å². The number of hydrogen-bond donors (Lipinski definition) is 0. The van der Waals surface area contributed by atoms with Crippen LogP contribution >= 0.6 is 11.6 Å². The molecule has 32 heavy (non-hydrogen) atoms. The summed E-state index contributed by atoms with van der Waals surface area (Å²) in [5.74, 6) is 7.11. The first-order valence-electron chi connectivity index (χ1n) is 11.9. The first-order chi connectivity index (χ1) is 15.6. The summed E-state index contributed by atoms with van der Waals surface area (Å²) in [7, 11) is 0. The molecular formula is C29H33ClF2. The van der Waals surface area contributed by atoms with Gasteiger partial charge in [-0.15, -0.1) is 11.8 Å². The molecule has 1 saturated carbocycles. The molecule has 0 spiro atoms. The molecule has 2 aromatic carbocycles. The largest absolute Gasteiger partial charge is 0.207 e. The first kappa shape index (κ1) is 24.5. The van der Waals surface area contributed by atoms with Crippen molar-refractivity contribution < 1.29 is 8.78 Å². The Kier molecular flexibility index (Phi) is 9.82. The van der Waals surface area contributed by atoms with Gasteiger partial charge in [-0.2, -0.15) is 0 Å². The normalized spacial score (nSPS) is 18.5. The number of aryl methyl sites for hydroxylation is 1. The molecule has 3 rings (SSSR count). The summed E-state index contributed by atoms with van der Waals surface area (Å²) in [6, 6.07) is 10.5. The number of unbranched alkanes of at least 4 members (excludes halogenated alkanes) is 1. The summed E-state index contributed by atoms with van der Waals surface area (Å²) in [5.41, 5.74) is 4.17. The van der Waals surface area contributed by atoms with Gasteiger partial charge in [0.1, 0.15) is 11.6 Å². The van der Waals surface area contributed by atoms with E-state index in [0.29, 0.717) is 35.4 Å². The Morgan fingerprint density at radius 1 is 0.969 bits per heavy atom. The highest BCUT2D eigenvalue weighted by molar-refractivity contribution is 6.25. The third-order valence-electron chi connectivity index (χ3n) is 6.52. The number of allylic oxidation sites excluding steroid dienone is 1. The fourth-order valence-corrected chi connectivity index (χ4v) is 4.73. The van der Waals surface area contributed by atoms with Gasteiger partial charge in [0, 0.05) is 23.9 Å². The van der Waals surface area contributed by atoms with E-state index in [2.05, 4.69) is 18.8 Å². The van der Waals surface area contributed by atoms with Crippen LogP contribution in [0.25, 0.3) is 11.1 Å². The number of hydrogen-bond acceptors (Lipinski definition) is 0. The standard InChI is InChI=1S/C29H33ClF2/c1-2-3-4-5-6-9-22-11-13-23(14-12-22)25-17-18-27(29(32)20-25)26-16-15-24(28(31)21-26)10-7-8-19-30/h8,15-23H,2-3,6-7,9-14H2,1H3. The van der Waals surface area contributed by atoms with Gasteiger partial charge in [0.15, 0.2) is 0 Å². The lowest BCUT2D eigenvalue weighted by atomic mass is 9.77. The minimum absolute atomic E-state index is 0.270. The molecule has 0 nitrogen and oxygen atoms in total. The van der Waals surface area contributed by atoms with Crippen LogP contribution in [0.3, 0.4) is 0 Å². The van der Waals surface area contributed by atoms with Crippen LogP contribution in [0.1, 0.15) is 81.8 Å². The molecule has 3 heteroatoms. The predicted molar refractivity (Wildman–Crippen MR) is 132 cm³/mol. The summed E-state index contributed by atoms with van der Waals surface area (Å²) in [6.07, 6.45) is 11.9. The van der Waals surface area contributed by atoms with Crippen LogP contribution in [-0.4, -0.2) is 0 Å². The van der Waals surface area contributed by atoms with Crippen molar-refractivity contribution in [2.24, 2.45) is 5.92 Å². The first-order valence-corrected chi connectivity index (χ1v) is 12.3. The lowest BCUT2D eigenvalue weighted by Crippen LogP contribution is -2.13. The van der Waals surface area contributed by atoms with E-state index in [4.69, 9.17) is 11.6 Å². The van der Waals surface area contributed by atoms with Gasteiger partial charge >= 0.3 is 0 Å². The smallest absolute Gasteiger partial charge is 0.131 e. The highest BCUT2D eigenvalue weighted by Gasteiger charge is 2.23. The van der Waals surface area contributed by atoms with Crippen molar-refractivity contribution >= 4 is 11.6 Å². The van der Waals surface area contributed by atoms with E-state index in [-0.39, 0.29) is 11.6 Å². The Morgan fingerprint density at radius 2 is 1.75 bits per heavy atom. The molecule has 0 bridgehead atoms. The van der Waals surface area contributed by atoms with Gasteiger partial charge in [0.25, 0.3) is 0 Å². The molecule has 0 amide bonds. The van der Waals surface area contributed by atoms with Crippen LogP contribution in [0.4, 0.5) is 8.78 Å². The summed E-state index contributed by atoms with van der Waals surface area (Å²) in [5, 5.41) is 0. The van der Waals surface area contributed by atoms with Gasteiger partial charge < -0.3 is 0 Å². The van der Waals surface area contributed by atoms with Gasteiger partial charge in [-0.3, -0.25) is 0 Å². The SMILES string of the molecule is CCCC#CCCC1CCC(c2ccc(-c3ccc(CCC=CCl)c(F)c3)c(F)c2)CC1. The summed E-state index contributed by atoms with van der Waals surface area (Å²) < 4.78 is 29.4. The van der Waals surface area contributed by atoms with Crippen molar-refractivity contribution in [1.82, 2.24) is 0 Å². The lowest BCUT2D eigenvalue weighted by molar-refractivity contribution is 0.312. The van der Waals surface area contributed by atoms with Gasteiger partial charge in [0.05, 0.1) is 0 Å². The molecule has 0 atom stereocenters. The third-order valence-corrected chi connectivity index (χ3v) is 6.70. The van der Waals surface area contributed by atoms with Crippen molar-refractivity contribution in [2.75, 3.05) is 0 Å². The molecule has 1 aliphatic rings. The van der Waals surface area contributed by atoms with Gasteiger partial charge in [0.2, 0.25) is 0 Å². The molecule has 0 unspecified atom stereocenters. The molecule has 2 aromatic rings. The number of halogens is 3. The predicted octanol–water partition coefficient (Wildman–Crippen LogP) is 9.17. The molecule has 170 valence electrons. The Bertz CT molecular complexity index is 959. The molecule has 1 fully saturated rings. The van der Waals surface area contributed by atoms with E-state index < -0.39 is 0 Å². The van der Waals surface area contributed by atoms with Crippen molar-refractivity contribution in [2.45, 2.75) is 77.0 Å². The fraction of sp³-hybridized carbons (Fsp3) is 0.448. The van der Waals surface area contributed by atoms with E-state index in [0.717, 1.165) is 43.6 Å². The summed E-state index contributed by atoms with van der Waals surface area (Å²) in [6.45, 7) is 2.16. The Hall–Kier alpha value is -2.11. The van der Waals surface area contributed by atoms with Gasteiger partial charge in [-0.25, -0.2) is 8.78 Å². The van der Waals surface area contributed by atoms with Crippen molar-refractivity contribution in [1.29, 1.82) is 0 Å². The minimum atomic E-state index is -0.299. The van der Waals surface area contributed by atoms with Crippen LogP contribution in [-0.2, 0) is 6.42 Å². The molecule has 1 aliphatic carbocycles. The Balaban J connectivity index is 1.59. The van der Waals surface area contributed by atoms with E-state index >= 15 is 0 Å². The molecule has 0 N–H and O–H groups in total. The molecule has 0 aromatic heterocycles. The van der Waals surface area contributed by atoms with Gasteiger partial charge in [-0.05, 0) is 92.0 Å². The Labute approximate surface area is 197 Å². The monoisotopic (exact) mass is 454 g/mol. The second-order valence-corrected chi connectivity index (χ2v) is 9.06. The average Bonchev–Trinajstić information content (AvgIpc) is 2.80. The van der Waals surface area contributed by atoms with E-state index in [1.807, 2.05) is 12.1 Å². The maximum absolute atomic E-state index is 15.0. The molecule has 0 radical (unpaired) electrons. The zero-order chi connectivity index (χ0) is 22.8. The average molecular weight is 455 g/mol. The van der Waals surface area contributed by atoms with Crippen molar-refractivity contribution in [3.8, 4) is 23.0 Å². The third kappa shape index (κ3) is 6.94. The van der Waals surface area contributed by atoms with E-state index in [1.54, 1.807) is 24.3 Å². The van der Waals surface area contributed by atoms with Crippen LogP contribution in [0, 0.1) is 29.4 Å². The summed E-state index contributed by atoms with van der Waals surface area (Å²) >= 11 is 5.52. The van der Waals surface area contributed by atoms with Crippen LogP contribution in [0.15, 0.2) is 48.0 Å². The second kappa shape index (κ2) is 12.8. The highest BCUT2D eigenvalue weighted by atomic mass is 35.5. The van der Waals surface area contributed by atoms with E-state index in [1.165, 1.54) is 30.9 Å². The van der Waals surface area contributed by atoms with Crippen LogP contribution in [0.2, 0.25) is 0 Å². The van der Waals surface area contributed by atoms with Crippen LogP contribution in [0.5, 0.6) is 0 Å². The second-order valence-electron chi connectivity index (χ2n) is 8.81. The summed E-state index contributed by atoms with van der Waals surface area (Å²) in [4.78, 5) is 0. The van der Waals surface area contributed by atoms with E-state index in [9.17, 15) is 8.78 Å². The lowest BCUT2D eigenvalue weighted by Gasteiger charge is -2.28. The zero-order valence-corrected chi connectivity index (χ0v) is 19.7. The quantitative estimate of drug-likeness (QED) is 0.348. The number of benzene rings is 2. The topological polar surface area (TPSA) is 0 Å². The minimum Gasteiger partial charge on any atom is -0.207 e. The highest BCUT2D eigenvalue weighted by Crippen LogP contribution is 2.38. The molecule has 0 saturated heterocycles. The van der Waals surface area contributed by atoms with Crippen LogP contribution < -0.4 is 0 Å². The van der Waals surface area contributed by atoms with Crippen molar-refractivity contribution in [3.05, 3.63) is 70.8 Å². The molecule has 0 aliphatic heterocycles. The zero-order valence-electron chi connectivity index (χ0n) is 19.0. The van der Waals surface area contributed by atoms with Gasteiger partial charge in [-0.1, -0.05) is 48.9 Å². The Morgan fingerprint density at radius 3 is 2.44 bits per heavy atom. The fourth-order valence-electron chi connectivity index (χ4n) is 4.60. The maximum Gasteiger partial charge on any atom is 0.131 e.